The summed E-state index contributed by atoms with van der Waals surface area (Å²) in [6.45, 7) is 1.47. The Balaban J connectivity index is 1.53. The Hall–Kier alpha value is -4.00. The number of H-pyrrole nitrogens is 1. The number of amides is 2. The summed E-state index contributed by atoms with van der Waals surface area (Å²) in [4.78, 5) is 35.2. The maximum absolute atomic E-state index is 12.2. The molecule has 28 heavy (non-hydrogen) atoms. The van der Waals surface area contributed by atoms with Gasteiger partial charge in [-0.1, -0.05) is 0 Å². The molecule has 2 aromatic heterocycles. The zero-order valence-corrected chi connectivity index (χ0v) is 15.1. The number of hydrogen-bond acceptors (Lipinski definition) is 4. The first-order valence-electron chi connectivity index (χ1n) is 8.68. The van der Waals surface area contributed by atoms with E-state index in [9.17, 15) is 9.59 Å². The predicted octanol–water partition coefficient (Wildman–Crippen LogP) is 3.84. The van der Waals surface area contributed by atoms with Gasteiger partial charge >= 0.3 is 0 Å². The number of nitrogens with one attached hydrogen (secondary N) is 3. The summed E-state index contributed by atoms with van der Waals surface area (Å²) in [6, 6.07) is 16.3. The number of aromatic amines is 1. The zero-order chi connectivity index (χ0) is 19.5. The molecule has 0 aliphatic carbocycles. The lowest BCUT2D eigenvalue weighted by atomic mass is 10.2. The summed E-state index contributed by atoms with van der Waals surface area (Å²) in [5, 5.41) is 5.59. The van der Waals surface area contributed by atoms with Crippen LogP contribution in [-0.2, 0) is 4.79 Å². The topological polar surface area (TPSA) is 99.8 Å². The summed E-state index contributed by atoms with van der Waals surface area (Å²) < 4.78 is 0. The van der Waals surface area contributed by atoms with Gasteiger partial charge in [-0.05, 0) is 54.6 Å². The predicted molar refractivity (Wildman–Crippen MR) is 108 cm³/mol. The van der Waals surface area contributed by atoms with Gasteiger partial charge < -0.3 is 15.6 Å². The van der Waals surface area contributed by atoms with Crippen molar-refractivity contribution >= 4 is 34.2 Å². The van der Waals surface area contributed by atoms with Crippen molar-refractivity contribution in [3.05, 3.63) is 72.6 Å². The number of anilines is 2. The Morgan fingerprint density at radius 1 is 0.964 bits per heavy atom. The van der Waals surface area contributed by atoms with Crippen LogP contribution < -0.4 is 10.6 Å². The third-order valence-corrected chi connectivity index (χ3v) is 4.14. The second-order valence-electron chi connectivity index (χ2n) is 6.27. The fraction of sp³-hybridized carbons (Fsp3) is 0.0476. The van der Waals surface area contributed by atoms with Gasteiger partial charge in [0.2, 0.25) is 5.91 Å². The fourth-order valence-electron chi connectivity index (χ4n) is 2.84. The van der Waals surface area contributed by atoms with E-state index in [-0.39, 0.29) is 11.8 Å². The van der Waals surface area contributed by atoms with Crippen LogP contribution in [-0.4, -0.2) is 26.8 Å². The molecule has 0 saturated carbocycles. The van der Waals surface area contributed by atoms with Crippen molar-refractivity contribution in [3.63, 3.8) is 0 Å². The number of carbonyl (C=O) groups is 2. The normalized spacial score (nSPS) is 10.6. The molecule has 0 radical (unpaired) electrons. The van der Waals surface area contributed by atoms with Gasteiger partial charge in [-0.15, -0.1) is 0 Å². The minimum atomic E-state index is -0.213. The van der Waals surface area contributed by atoms with Gasteiger partial charge in [0, 0.05) is 36.3 Å². The molecule has 2 heterocycles. The number of imidazole rings is 1. The lowest BCUT2D eigenvalue weighted by molar-refractivity contribution is -0.114. The van der Waals surface area contributed by atoms with Gasteiger partial charge in [0.15, 0.2) is 0 Å². The Morgan fingerprint density at radius 2 is 1.75 bits per heavy atom. The van der Waals surface area contributed by atoms with Crippen LogP contribution in [0, 0.1) is 0 Å². The van der Waals surface area contributed by atoms with E-state index >= 15 is 0 Å². The van der Waals surface area contributed by atoms with Crippen molar-refractivity contribution in [2.45, 2.75) is 6.92 Å². The average molecular weight is 371 g/mol. The second-order valence-corrected chi connectivity index (χ2v) is 6.27. The Bertz CT molecular complexity index is 1150. The van der Waals surface area contributed by atoms with Crippen molar-refractivity contribution in [1.82, 2.24) is 15.0 Å². The maximum atomic E-state index is 12.2. The van der Waals surface area contributed by atoms with Gasteiger partial charge in [-0.3, -0.25) is 14.6 Å². The molecule has 0 fully saturated rings. The van der Waals surface area contributed by atoms with E-state index in [1.807, 2.05) is 42.5 Å². The molecule has 4 aromatic rings. The summed E-state index contributed by atoms with van der Waals surface area (Å²) in [6.07, 6.45) is 3.14. The van der Waals surface area contributed by atoms with Gasteiger partial charge in [0.25, 0.3) is 5.91 Å². The Morgan fingerprint density at radius 3 is 2.46 bits per heavy atom. The fourth-order valence-corrected chi connectivity index (χ4v) is 2.84. The van der Waals surface area contributed by atoms with E-state index in [4.69, 9.17) is 0 Å². The van der Waals surface area contributed by atoms with Crippen LogP contribution in [0.5, 0.6) is 0 Å². The first kappa shape index (κ1) is 17.4. The molecule has 3 N–H and O–H groups in total. The largest absolute Gasteiger partial charge is 0.338 e. The van der Waals surface area contributed by atoms with E-state index in [0.717, 1.165) is 16.6 Å². The van der Waals surface area contributed by atoms with E-state index in [1.165, 1.54) is 13.1 Å². The lowest BCUT2D eigenvalue weighted by Crippen LogP contribution is -2.11. The highest BCUT2D eigenvalue weighted by Crippen LogP contribution is 2.24. The molecule has 0 unspecified atom stereocenters. The first-order valence-corrected chi connectivity index (χ1v) is 8.68. The number of nitrogens with zero attached hydrogens (tertiary/aromatic N) is 2. The second kappa shape index (κ2) is 7.32. The first-order chi connectivity index (χ1) is 13.6. The number of fused-ring (bicyclic) bond motifs is 1. The molecule has 0 saturated heterocycles. The molecule has 4 rings (SSSR count). The van der Waals surface area contributed by atoms with E-state index in [2.05, 4.69) is 25.6 Å². The summed E-state index contributed by atoms with van der Waals surface area (Å²) in [5.74, 6) is 0.373. The monoisotopic (exact) mass is 371 g/mol. The lowest BCUT2D eigenvalue weighted by Gasteiger charge is -2.05. The third-order valence-electron chi connectivity index (χ3n) is 4.14. The van der Waals surface area contributed by atoms with Gasteiger partial charge in [0.1, 0.15) is 5.82 Å². The molecule has 0 atom stereocenters. The number of benzene rings is 2. The van der Waals surface area contributed by atoms with E-state index < -0.39 is 0 Å². The Labute approximate surface area is 160 Å². The highest BCUT2D eigenvalue weighted by Gasteiger charge is 2.09. The zero-order valence-electron chi connectivity index (χ0n) is 15.1. The molecule has 2 amide bonds. The number of hydrogen-bond donors (Lipinski definition) is 3. The Kier molecular flexibility index (Phi) is 4.55. The molecule has 7 nitrogen and oxygen atoms in total. The summed E-state index contributed by atoms with van der Waals surface area (Å²) >= 11 is 0. The van der Waals surface area contributed by atoms with Crippen LogP contribution in [0.25, 0.3) is 22.4 Å². The molecule has 0 bridgehead atoms. The van der Waals surface area contributed by atoms with Gasteiger partial charge in [-0.25, -0.2) is 4.98 Å². The van der Waals surface area contributed by atoms with Crippen LogP contribution in [0.4, 0.5) is 11.4 Å². The van der Waals surface area contributed by atoms with E-state index in [1.54, 1.807) is 18.3 Å². The third kappa shape index (κ3) is 3.73. The van der Waals surface area contributed by atoms with Crippen LogP contribution in [0.1, 0.15) is 17.3 Å². The average Bonchev–Trinajstić information content (AvgIpc) is 3.12. The SMILES string of the molecule is CC(=O)Nc1ccc2nc(-c3ccc(NC(=O)c4cccnc4)cc3)[nH]c2c1. The molecular weight excluding hydrogens is 354 g/mol. The quantitative estimate of drug-likeness (QED) is 0.507. The van der Waals surface area contributed by atoms with Crippen molar-refractivity contribution < 1.29 is 9.59 Å². The van der Waals surface area contributed by atoms with E-state index in [0.29, 0.717) is 22.8 Å². The van der Waals surface area contributed by atoms with Crippen LogP contribution >= 0.6 is 0 Å². The van der Waals surface area contributed by atoms with Crippen LogP contribution in [0.3, 0.4) is 0 Å². The smallest absolute Gasteiger partial charge is 0.257 e. The molecule has 0 aliphatic rings. The number of rotatable bonds is 4. The minimum Gasteiger partial charge on any atom is -0.338 e. The van der Waals surface area contributed by atoms with Gasteiger partial charge in [0.05, 0.1) is 16.6 Å². The van der Waals surface area contributed by atoms with Crippen molar-refractivity contribution in [3.8, 4) is 11.4 Å². The van der Waals surface area contributed by atoms with Crippen molar-refractivity contribution in [2.75, 3.05) is 10.6 Å². The van der Waals surface area contributed by atoms with Crippen molar-refractivity contribution in [2.24, 2.45) is 0 Å². The molecule has 2 aromatic carbocycles. The van der Waals surface area contributed by atoms with Gasteiger partial charge in [-0.2, -0.15) is 0 Å². The molecule has 138 valence electrons. The molecule has 7 heteroatoms. The number of aromatic nitrogens is 3. The van der Waals surface area contributed by atoms with Crippen LogP contribution in [0.15, 0.2) is 67.0 Å². The highest BCUT2D eigenvalue weighted by molar-refractivity contribution is 6.04. The highest BCUT2D eigenvalue weighted by atomic mass is 16.2. The number of carbonyl (C=O) groups excluding carboxylic acids is 2. The minimum absolute atomic E-state index is 0.122. The maximum Gasteiger partial charge on any atom is 0.257 e. The van der Waals surface area contributed by atoms with Crippen LogP contribution in [0.2, 0.25) is 0 Å². The summed E-state index contributed by atoms with van der Waals surface area (Å²) in [7, 11) is 0. The van der Waals surface area contributed by atoms with Crippen molar-refractivity contribution in [1.29, 1.82) is 0 Å². The molecule has 0 aliphatic heterocycles. The summed E-state index contributed by atoms with van der Waals surface area (Å²) in [5.41, 5.74) is 4.41. The molecule has 0 spiro atoms. The number of pyridine rings is 1. The standard InChI is InChI=1S/C21H17N5O2/c1-13(27)23-17-8-9-18-19(11-17)26-20(25-18)14-4-6-16(7-5-14)24-21(28)15-3-2-10-22-12-15/h2-12H,1H3,(H,23,27)(H,24,28)(H,25,26). The molecular formula is C21H17N5O2.